The van der Waals surface area contributed by atoms with Crippen LogP contribution in [0.4, 0.5) is 0 Å². The maximum atomic E-state index is 6.50. The first-order valence-corrected chi connectivity index (χ1v) is 13.7. The zero-order chi connectivity index (χ0) is 17.6. The number of hydrogen-bond acceptors (Lipinski definition) is 2. The summed E-state index contributed by atoms with van der Waals surface area (Å²) in [5.41, 5.74) is 6.70. The molecule has 2 heterocycles. The van der Waals surface area contributed by atoms with Gasteiger partial charge in [-0.25, -0.2) is 0 Å². The molecule has 0 N–H and O–H groups in total. The van der Waals surface area contributed by atoms with Gasteiger partial charge in [-0.2, -0.15) is 0 Å². The normalized spacial score (nSPS) is 30.8. The van der Waals surface area contributed by atoms with E-state index in [1.54, 1.807) is 18.3 Å². The predicted octanol–water partition coefficient (Wildman–Crippen LogP) is 5.18. The van der Waals surface area contributed by atoms with Crippen molar-refractivity contribution in [3.05, 3.63) is 76.9 Å². The van der Waals surface area contributed by atoms with Crippen LogP contribution in [0.5, 0.6) is 5.75 Å². The van der Waals surface area contributed by atoms with Crippen LogP contribution >= 0.6 is 6.46 Å². The molecular weight excluding hydrogens is 410 g/mol. The van der Waals surface area contributed by atoms with Crippen molar-refractivity contribution in [1.29, 1.82) is 0 Å². The molecule has 0 saturated carbocycles. The summed E-state index contributed by atoms with van der Waals surface area (Å²) in [6.45, 7) is 3.23. The molecule has 1 saturated heterocycles. The van der Waals surface area contributed by atoms with Crippen molar-refractivity contribution in [2.24, 2.45) is 0 Å². The monoisotopic (exact) mass is 434 g/mol. The minimum absolute atomic E-state index is 0.563. The second-order valence-electron chi connectivity index (χ2n) is 6.99. The van der Waals surface area contributed by atoms with Gasteiger partial charge in [-0.1, -0.05) is 0 Å². The summed E-state index contributed by atoms with van der Waals surface area (Å²) in [7, 11) is 1.73. The van der Waals surface area contributed by atoms with Crippen molar-refractivity contribution in [2.75, 3.05) is 7.11 Å². The van der Waals surface area contributed by atoms with Gasteiger partial charge in [-0.3, -0.25) is 0 Å². The van der Waals surface area contributed by atoms with Crippen molar-refractivity contribution in [3.63, 3.8) is 0 Å². The zero-order valence-electron chi connectivity index (χ0n) is 14.8. The first kappa shape index (κ1) is 17.7. The van der Waals surface area contributed by atoms with Crippen LogP contribution in [0, 0.1) is 0 Å². The predicted molar refractivity (Wildman–Crippen MR) is 112 cm³/mol. The molecule has 2 aromatic rings. The molecule has 2 aliphatic rings. The van der Waals surface area contributed by atoms with E-state index in [0.717, 1.165) is 11.9 Å². The van der Waals surface area contributed by atoms with Gasteiger partial charge in [0.15, 0.2) is 0 Å². The fourth-order valence-electron chi connectivity index (χ4n) is 4.21. The number of benzene rings is 2. The molecule has 4 atom stereocenters. The fraction of sp³-hybridized carbons (Fsp3) is 0.333. The SMILES string of the molecule is COc1ccc([C@@H]2[Se][C@@H]3C(C)=C(C)[C@H]2[P+]3([S-])Cc2ccccc2)cc1. The average Bonchev–Trinajstić information content (AvgIpc) is 3.02. The Bertz CT molecular complexity index is 804. The average molecular weight is 433 g/mol. The van der Waals surface area contributed by atoms with Gasteiger partial charge in [-0.05, 0) is 0 Å². The van der Waals surface area contributed by atoms with Gasteiger partial charge in [-0.15, -0.1) is 0 Å². The van der Waals surface area contributed by atoms with Crippen LogP contribution in [0.25, 0.3) is 0 Å². The Morgan fingerprint density at radius 3 is 2.32 bits per heavy atom. The molecule has 0 aromatic heterocycles. The number of hydrogen-bond donors (Lipinski definition) is 0. The molecule has 4 rings (SSSR count). The Hall–Kier alpha value is -0.721. The van der Waals surface area contributed by atoms with E-state index in [2.05, 4.69) is 68.4 Å². The Labute approximate surface area is 162 Å². The van der Waals surface area contributed by atoms with Crippen LogP contribution in [-0.2, 0) is 18.4 Å². The summed E-state index contributed by atoms with van der Waals surface area (Å²) >= 11 is 7.06. The third kappa shape index (κ3) is 2.90. The van der Waals surface area contributed by atoms with Crippen LogP contribution in [-0.4, -0.2) is 32.3 Å². The van der Waals surface area contributed by atoms with Crippen molar-refractivity contribution >= 4 is 33.7 Å². The Balaban J connectivity index is 1.69. The summed E-state index contributed by atoms with van der Waals surface area (Å²) in [4.78, 5) is 0.640. The van der Waals surface area contributed by atoms with Crippen LogP contribution in [0.2, 0.25) is 0 Å². The molecule has 1 fully saturated rings. The van der Waals surface area contributed by atoms with Crippen molar-refractivity contribution in [2.45, 2.75) is 35.0 Å². The van der Waals surface area contributed by atoms with Gasteiger partial charge in [0.1, 0.15) is 0 Å². The Morgan fingerprint density at radius 2 is 1.68 bits per heavy atom. The minimum atomic E-state index is -1.46. The number of fused-ring (bicyclic) bond motifs is 2. The summed E-state index contributed by atoms with van der Waals surface area (Å²) in [6, 6.07) is 19.6. The first-order valence-electron chi connectivity index (χ1n) is 8.63. The van der Waals surface area contributed by atoms with Gasteiger partial charge < -0.3 is 0 Å². The first-order chi connectivity index (χ1) is 12.0. The molecular formula is C21H23OPSSe. The van der Waals surface area contributed by atoms with Crippen LogP contribution in [0.1, 0.15) is 29.8 Å². The molecule has 0 aliphatic carbocycles. The van der Waals surface area contributed by atoms with Crippen LogP contribution in [0.3, 0.4) is 0 Å². The molecule has 0 radical (unpaired) electrons. The van der Waals surface area contributed by atoms with E-state index in [4.69, 9.17) is 17.0 Å². The second-order valence-corrected chi connectivity index (χ2v) is 15.5. The molecule has 2 bridgehead atoms. The van der Waals surface area contributed by atoms with Gasteiger partial charge in [0, 0.05) is 0 Å². The molecule has 2 aliphatic heterocycles. The van der Waals surface area contributed by atoms with E-state index in [9.17, 15) is 0 Å². The van der Waals surface area contributed by atoms with Gasteiger partial charge in [0.25, 0.3) is 0 Å². The molecule has 25 heavy (non-hydrogen) atoms. The number of methoxy groups -OCH3 is 1. The standard InChI is InChI=1S/C21H23OPSSe/c1-14-15(2)21-23(24,13-16-7-5-4-6-8-16)19(14)20(25-21)17-9-11-18(22-3)12-10-17/h4-12,19-21H,13H2,1-3H3/t19-,20+,21-,23?/m1/s1. The van der Waals surface area contributed by atoms with E-state index in [-0.39, 0.29) is 0 Å². The molecule has 1 unspecified atom stereocenters. The second kappa shape index (κ2) is 6.78. The Morgan fingerprint density at radius 1 is 1.00 bits per heavy atom. The van der Waals surface area contributed by atoms with E-state index in [1.807, 2.05) is 0 Å². The van der Waals surface area contributed by atoms with E-state index in [1.165, 1.54) is 11.1 Å². The van der Waals surface area contributed by atoms with Gasteiger partial charge >= 0.3 is 163 Å². The Kier molecular flexibility index (Phi) is 4.80. The third-order valence-corrected chi connectivity index (χ3v) is 18.3. The van der Waals surface area contributed by atoms with E-state index < -0.39 is 6.46 Å². The molecule has 2 aromatic carbocycles. The number of allylic oxidation sites excluding steroid dienone is 2. The van der Waals surface area contributed by atoms with Gasteiger partial charge in [0.05, 0.1) is 0 Å². The van der Waals surface area contributed by atoms with E-state index >= 15 is 0 Å². The molecule has 130 valence electrons. The van der Waals surface area contributed by atoms with E-state index in [0.29, 0.717) is 30.0 Å². The number of ether oxygens (including phenoxy) is 1. The molecule has 1 nitrogen and oxygen atoms in total. The van der Waals surface area contributed by atoms with Crippen LogP contribution < -0.4 is 4.74 Å². The van der Waals surface area contributed by atoms with Crippen molar-refractivity contribution in [1.82, 2.24) is 0 Å². The fourth-order valence-corrected chi connectivity index (χ4v) is 19.1. The van der Waals surface area contributed by atoms with Crippen LogP contribution in [0.15, 0.2) is 65.7 Å². The molecule has 4 heteroatoms. The number of rotatable bonds is 4. The topological polar surface area (TPSA) is 9.23 Å². The third-order valence-electron chi connectivity index (χ3n) is 5.58. The van der Waals surface area contributed by atoms with Crippen molar-refractivity contribution in [3.8, 4) is 5.75 Å². The van der Waals surface area contributed by atoms with Crippen molar-refractivity contribution < 1.29 is 4.74 Å². The molecule has 0 amide bonds. The van der Waals surface area contributed by atoms with Gasteiger partial charge in [0.2, 0.25) is 0 Å². The zero-order valence-corrected chi connectivity index (χ0v) is 18.2. The summed E-state index contributed by atoms with van der Waals surface area (Å²) in [6.07, 6.45) is 1.11. The summed E-state index contributed by atoms with van der Waals surface area (Å²) < 4.78 is 6.02. The quantitative estimate of drug-likeness (QED) is 0.285. The summed E-state index contributed by atoms with van der Waals surface area (Å²) in [5.74, 6) is 0.937. The maximum absolute atomic E-state index is 6.50. The summed E-state index contributed by atoms with van der Waals surface area (Å²) in [5, 5.41) is 0. The molecule has 0 spiro atoms.